The van der Waals surface area contributed by atoms with Crippen molar-refractivity contribution in [2.45, 2.75) is 275 Å². The molecule has 1 saturated heterocycles. The number of hydrogen-bond acceptors (Lipinski definition) is 10. The van der Waals surface area contributed by atoms with Gasteiger partial charge in [0, 0.05) is 12.8 Å². The molecule has 1 heterocycles. The molecule has 0 radical (unpaired) electrons. The summed E-state index contributed by atoms with van der Waals surface area (Å²) in [7, 11) is 0. The van der Waals surface area contributed by atoms with Gasteiger partial charge in [-0.25, -0.2) is 0 Å². The molecule has 0 aromatic heterocycles. The molecular formula is C50H94O10. The Morgan fingerprint density at radius 2 is 0.883 bits per heavy atom. The third-order valence-electron chi connectivity index (χ3n) is 11.9. The van der Waals surface area contributed by atoms with Crippen molar-refractivity contribution in [3.05, 3.63) is 12.2 Å². The largest absolute Gasteiger partial charge is 0.462 e. The van der Waals surface area contributed by atoms with Gasteiger partial charge in [0.15, 0.2) is 12.4 Å². The molecule has 0 aromatic rings. The van der Waals surface area contributed by atoms with E-state index in [1.54, 1.807) is 0 Å². The highest BCUT2D eigenvalue weighted by Gasteiger charge is 2.44. The van der Waals surface area contributed by atoms with E-state index >= 15 is 0 Å². The van der Waals surface area contributed by atoms with Gasteiger partial charge >= 0.3 is 11.9 Å². The van der Waals surface area contributed by atoms with E-state index in [4.69, 9.17) is 18.9 Å². The van der Waals surface area contributed by atoms with Gasteiger partial charge in [-0.15, -0.1) is 0 Å². The molecule has 0 spiro atoms. The maximum Gasteiger partial charge on any atom is 0.306 e. The van der Waals surface area contributed by atoms with Crippen molar-refractivity contribution in [1.29, 1.82) is 0 Å². The van der Waals surface area contributed by atoms with Crippen molar-refractivity contribution in [1.82, 2.24) is 0 Å². The van der Waals surface area contributed by atoms with E-state index in [2.05, 4.69) is 26.0 Å². The molecule has 6 atom stereocenters. The first kappa shape index (κ1) is 56.5. The Morgan fingerprint density at radius 1 is 0.500 bits per heavy atom. The molecule has 0 saturated carbocycles. The Kier molecular flexibility index (Phi) is 39.0. The highest BCUT2D eigenvalue weighted by Crippen LogP contribution is 2.23. The summed E-state index contributed by atoms with van der Waals surface area (Å²) in [6.07, 6.45) is 38.0. The van der Waals surface area contributed by atoms with E-state index in [1.165, 1.54) is 141 Å². The van der Waals surface area contributed by atoms with Crippen LogP contribution in [0.5, 0.6) is 0 Å². The topological polar surface area (TPSA) is 152 Å². The fraction of sp³-hybridized carbons (Fsp3) is 0.920. The number of hydrogen-bond donors (Lipinski definition) is 4. The first-order valence-electron chi connectivity index (χ1n) is 25.3. The molecule has 0 amide bonds. The van der Waals surface area contributed by atoms with E-state index in [-0.39, 0.29) is 32.0 Å². The van der Waals surface area contributed by atoms with Crippen molar-refractivity contribution in [2.75, 3.05) is 19.8 Å². The summed E-state index contributed by atoms with van der Waals surface area (Å²) in [6, 6.07) is 0. The number of carbonyl (C=O) groups is 2. The number of carbonyl (C=O) groups excluding carboxylic acids is 2. The molecule has 10 heteroatoms. The molecule has 4 N–H and O–H groups in total. The van der Waals surface area contributed by atoms with Crippen LogP contribution in [0.3, 0.4) is 0 Å². The molecule has 0 aliphatic carbocycles. The van der Waals surface area contributed by atoms with Crippen molar-refractivity contribution >= 4 is 11.9 Å². The van der Waals surface area contributed by atoms with Crippen LogP contribution in [0.25, 0.3) is 0 Å². The average molecular weight is 855 g/mol. The van der Waals surface area contributed by atoms with Crippen molar-refractivity contribution < 1.29 is 49.0 Å². The second kappa shape index (κ2) is 41.5. The zero-order chi connectivity index (χ0) is 43.7. The quantitative estimate of drug-likeness (QED) is 0.0265. The molecule has 1 aliphatic heterocycles. The van der Waals surface area contributed by atoms with E-state index in [0.29, 0.717) is 6.42 Å². The standard InChI is InChI=1S/C50H94O10/c1-3-5-7-9-11-13-15-17-18-19-20-21-22-23-24-25-26-27-29-31-33-35-37-39-46(53)59-43(42-58-50-49(56)48(55)47(54)44(40-51)60-50)41-57-45(52)38-36-34-32-30-28-16-14-12-10-8-6-4-2/h12,14,43-44,47-51,54-56H,3-11,13,15-42H2,1-2H3/b14-12+/t43-,44-,47+,48?,49?,50-/m1/s1. The van der Waals surface area contributed by atoms with Crippen molar-refractivity contribution in [3.63, 3.8) is 0 Å². The number of aliphatic hydroxyl groups excluding tert-OH is 4. The summed E-state index contributed by atoms with van der Waals surface area (Å²) >= 11 is 0. The van der Waals surface area contributed by atoms with Crippen LogP contribution in [0.4, 0.5) is 0 Å². The number of allylic oxidation sites excluding steroid dienone is 2. The van der Waals surface area contributed by atoms with Crippen LogP contribution in [0.2, 0.25) is 0 Å². The van der Waals surface area contributed by atoms with Crippen LogP contribution in [-0.2, 0) is 28.5 Å². The summed E-state index contributed by atoms with van der Waals surface area (Å²) in [5, 5.41) is 40.1. The van der Waals surface area contributed by atoms with Gasteiger partial charge < -0.3 is 39.4 Å². The molecule has 1 fully saturated rings. The van der Waals surface area contributed by atoms with Gasteiger partial charge in [-0.05, 0) is 38.5 Å². The van der Waals surface area contributed by atoms with Gasteiger partial charge in [-0.3, -0.25) is 9.59 Å². The number of aliphatic hydroxyl groups is 4. The minimum absolute atomic E-state index is 0.216. The maximum atomic E-state index is 12.8. The molecule has 0 bridgehead atoms. The molecule has 0 aromatic carbocycles. The second-order valence-electron chi connectivity index (χ2n) is 17.6. The Labute approximate surface area is 367 Å². The molecule has 354 valence electrons. The third-order valence-corrected chi connectivity index (χ3v) is 11.9. The lowest BCUT2D eigenvalue weighted by atomic mass is 9.99. The van der Waals surface area contributed by atoms with E-state index in [1.807, 2.05) is 0 Å². The minimum Gasteiger partial charge on any atom is -0.462 e. The zero-order valence-electron chi connectivity index (χ0n) is 38.7. The lowest BCUT2D eigenvalue weighted by Gasteiger charge is -2.39. The van der Waals surface area contributed by atoms with Gasteiger partial charge in [-0.1, -0.05) is 199 Å². The average Bonchev–Trinajstić information content (AvgIpc) is 3.25. The predicted molar refractivity (Wildman–Crippen MR) is 243 cm³/mol. The third kappa shape index (κ3) is 32.2. The van der Waals surface area contributed by atoms with Gasteiger partial charge in [0.05, 0.1) is 13.2 Å². The van der Waals surface area contributed by atoms with Gasteiger partial charge in [0.2, 0.25) is 0 Å². The van der Waals surface area contributed by atoms with E-state index < -0.39 is 49.4 Å². The van der Waals surface area contributed by atoms with Crippen LogP contribution in [-0.4, -0.2) is 89.0 Å². The monoisotopic (exact) mass is 855 g/mol. The van der Waals surface area contributed by atoms with E-state index in [9.17, 15) is 30.0 Å². The first-order valence-corrected chi connectivity index (χ1v) is 25.3. The first-order chi connectivity index (χ1) is 29.3. The summed E-state index contributed by atoms with van der Waals surface area (Å²) in [5.74, 6) is -0.804. The van der Waals surface area contributed by atoms with Crippen LogP contribution in [0, 0.1) is 0 Å². The highest BCUT2D eigenvalue weighted by atomic mass is 16.7. The SMILES string of the molecule is CCCCC/C=C/CCCCCCCC(=O)OC[C@H](CO[C@@H]1O[C@H](CO)[C@H](O)C(O)C1O)OC(=O)CCCCCCCCCCCCCCCCCCCCCCCCC. The zero-order valence-corrected chi connectivity index (χ0v) is 38.7. The predicted octanol–water partition coefficient (Wildman–Crippen LogP) is 11.5. The number of unbranched alkanes of at least 4 members (excludes halogenated alkanes) is 30. The molecular weight excluding hydrogens is 761 g/mol. The van der Waals surface area contributed by atoms with Gasteiger partial charge in [0.25, 0.3) is 0 Å². The molecule has 10 nitrogen and oxygen atoms in total. The summed E-state index contributed by atoms with van der Waals surface area (Å²) in [6.45, 7) is 3.43. The molecule has 2 unspecified atom stereocenters. The number of esters is 2. The second-order valence-corrected chi connectivity index (χ2v) is 17.6. The van der Waals surface area contributed by atoms with Crippen LogP contribution >= 0.6 is 0 Å². The number of ether oxygens (including phenoxy) is 4. The van der Waals surface area contributed by atoms with Crippen LogP contribution in [0.1, 0.15) is 239 Å². The summed E-state index contributed by atoms with van der Waals surface area (Å²) in [4.78, 5) is 25.4. The highest BCUT2D eigenvalue weighted by molar-refractivity contribution is 5.70. The Balaban J connectivity index is 2.21. The van der Waals surface area contributed by atoms with Gasteiger partial charge in [-0.2, -0.15) is 0 Å². The lowest BCUT2D eigenvalue weighted by molar-refractivity contribution is -0.305. The Hall–Kier alpha value is -1.56. The summed E-state index contributed by atoms with van der Waals surface area (Å²) in [5.41, 5.74) is 0. The van der Waals surface area contributed by atoms with Crippen molar-refractivity contribution in [2.24, 2.45) is 0 Å². The summed E-state index contributed by atoms with van der Waals surface area (Å²) < 4.78 is 22.2. The van der Waals surface area contributed by atoms with Crippen molar-refractivity contribution in [3.8, 4) is 0 Å². The minimum atomic E-state index is -1.59. The smallest absolute Gasteiger partial charge is 0.306 e. The van der Waals surface area contributed by atoms with E-state index in [0.717, 1.165) is 64.2 Å². The molecule has 1 rings (SSSR count). The fourth-order valence-corrected chi connectivity index (χ4v) is 7.89. The Bertz CT molecular complexity index is 990. The number of rotatable bonds is 43. The molecule has 60 heavy (non-hydrogen) atoms. The van der Waals surface area contributed by atoms with Gasteiger partial charge in [0.1, 0.15) is 31.0 Å². The maximum absolute atomic E-state index is 12.8. The molecule has 1 aliphatic rings. The van der Waals surface area contributed by atoms with Crippen LogP contribution < -0.4 is 0 Å². The van der Waals surface area contributed by atoms with Crippen LogP contribution in [0.15, 0.2) is 12.2 Å². The normalized spacial score (nSPS) is 19.9. The fourth-order valence-electron chi connectivity index (χ4n) is 7.89. The lowest BCUT2D eigenvalue weighted by Crippen LogP contribution is -2.59. The Morgan fingerprint density at radius 3 is 1.33 bits per heavy atom.